The summed E-state index contributed by atoms with van der Waals surface area (Å²) in [4.78, 5) is 0. The third kappa shape index (κ3) is 4.02. The Bertz CT molecular complexity index is 281. The highest BCUT2D eigenvalue weighted by Gasteiger charge is 1.95. The number of hydrogen-bond acceptors (Lipinski definition) is 3. The van der Waals surface area contributed by atoms with E-state index in [9.17, 15) is 0 Å². The van der Waals surface area contributed by atoms with Gasteiger partial charge in [0.2, 0.25) is 0 Å². The highest BCUT2D eigenvalue weighted by molar-refractivity contribution is 8.41. The van der Waals surface area contributed by atoms with Crippen molar-refractivity contribution in [1.82, 2.24) is 0 Å². The van der Waals surface area contributed by atoms with Gasteiger partial charge in [-0.3, -0.25) is 0 Å². The minimum Gasteiger partial charge on any atom is -0.497 e. The first-order valence-corrected chi connectivity index (χ1v) is 5.55. The predicted octanol–water partition coefficient (Wildman–Crippen LogP) is 3.14. The number of methoxy groups -OCH3 is 1. The molecule has 0 aliphatic rings. The number of ether oxygens (including phenoxy) is 1. The molecule has 0 bridgehead atoms. The molecule has 1 rings (SSSR count). The molecule has 4 heteroatoms. The molecular weight excluding hydrogens is 220 g/mol. The fraction of sp³-hybridized carbons (Fsp3) is 0.222. The van der Waals surface area contributed by atoms with Crippen LogP contribution in [0.5, 0.6) is 5.75 Å². The van der Waals surface area contributed by atoms with Crippen LogP contribution in [-0.4, -0.2) is 10.6 Å². The summed E-state index contributed by atoms with van der Waals surface area (Å²) in [6.45, 7) is 0. The maximum Gasteiger partial charge on any atom is 0.118 e. The second-order valence-electron chi connectivity index (χ2n) is 2.40. The van der Waals surface area contributed by atoms with Gasteiger partial charge in [0.05, 0.1) is 7.11 Å². The number of rotatable bonds is 3. The number of thiocarbonyl (C=S) groups is 1. The topological polar surface area (TPSA) is 9.23 Å². The van der Waals surface area contributed by atoms with Crippen molar-refractivity contribution in [2.75, 3.05) is 7.11 Å². The molecule has 0 spiro atoms. The van der Waals surface area contributed by atoms with E-state index in [2.05, 4.69) is 12.6 Å². The zero-order chi connectivity index (χ0) is 9.68. The Morgan fingerprint density at radius 1 is 1.46 bits per heavy atom. The highest BCUT2D eigenvalue weighted by Crippen LogP contribution is 2.18. The summed E-state index contributed by atoms with van der Waals surface area (Å²) in [5.41, 5.74) is 1.22. The van der Waals surface area contributed by atoms with E-state index < -0.39 is 0 Å². The quantitative estimate of drug-likeness (QED) is 0.631. The van der Waals surface area contributed by atoms with E-state index in [1.165, 1.54) is 5.56 Å². The number of hydrogen-bond donors (Lipinski definition) is 1. The Morgan fingerprint density at radius 2 is 2.08 bits per heavy atom. The van der Waals surface area contributed by atoms with E-state index in [0.717, 1.165) is 11.5 Å². The molecule has 1 aromatic rings. The van der Waals surface area contributed by atoms with Crippen LogP contribution in [0.3, 0.4) is 0 Å². The van der Waals surface area contributed by atoms with Gasteiger partial charge in [0.1, 0.15) is 9.28 Å². The second-order valence-corrected chi connectivity index (χ2v) is 5.11. The van der Waals surface area contributed by atoms with E-state index >= 15 is 0 Å². The van der Waals surface area contributed by atoms with E-state index in [4.69, 9.17) is 17.0 Å². The van der Waals surface area contributed by atoms with E-state index in [-0.39, 0.29) is 0 Å². The summed E-state index contributed by atoms with van der Waals surface area (Å²) in [5, 5.41) is 0. The predicted molar refractivity (Wildman–Crippen MR) is 65.9 cm³/mol. The van der Waals surface area contributed by atoms with Gasteiger partial charge in [-0.2, -0.15) is 0 Å². The number of thiol groups is 1. The van der Waals surface area contributed by atoms with Crippen molar-refractivity contribution < 1.29 is 4.74 Å². The van der Waals surface area contributed by atoms with Crippen molar-refractivity contribution in [2.45, 2.75) is 5.75 Å². The summed E-state index contributed by atoms with van der Waals surface area (Å²) >= 11 is 10.4. The Kier molecular flexibility index (Phi) is 4.62. The van der Waals surface area contributed by atoms with Crippen molar-refractivity contribution in [3.8, 4) is 5.75 Å². The van der Waals surface area contributed by atoms with Gasteiger partial charge < -0.3 is 4.74 Å². The molecule has 0 aliphatic heterocycles. The van der Waals surface area contributed by atoms with E-state index in [1.807, 2.05) is 24.3 Å². The zero-order valence-electron chi connectivity index (χ0n) is 7.19. The smallest absolute Gasteiger partial charge is 0.118 e. The average molecular weight is 230 g/mol. The lowest BCUT2D eigenvalue weighted by Gasteiger charge is -2.01. The van der Waals surface area contributed by atoms with Gasteiger partial charge in [0.25, 0.3) is 0 Å². The molecule has 0 aliphatic carbocycles. The molecule has 0 aromatic heterocycles. The Hall–Kier alpha value is -0.190. The fourth-order valence-electron chi connectivity index (χ4n) is 0.867. The van der Waals surface area contributed by atoms with Crippen molar-refractivity contribution in [1.29, 1.82) is 0 Å². The van der Waals surface area contributed by atoms with Crippen molar-refractivity contribution in [3.63, 3.8) is 0 Å². The summed E-state index contributed by atoms with van der Waals surface area (Å²) in [5.74, 6) is 1.74. The Labute approximate surface area is 93.3 Å². The molecule has 0 radical (unpaired) electrons. The maximum absolute atomic E-state index is 5.05. The SMILES string of the molecule is COc1ccc(CSC(=S)S)cc1. The monoisotopic (exact) mass is 230 g/mol. The minimum absolute atomic E-state index is 0.677. The lowest BCUT2D eigenvalue weighted by molar-refractivity contribution is 0.414. The molecule has 0 saturated carbocycles. The Morgan fingerprint density at radius 3 is 2.54 bits per heavy atom. The number of benzene rings is 1. The van der Waals surface area contributed by atoms with E-state index in [1.54, 1.807) is 18.9 Å². The van der Waals surface area contributed by atoms with Crippen LogP contribution >= 0.6 is 36.6 Å². The number of thioether (sulfide) groups is 1. The molecule has 70 valence electrons. The van der Waals surface area contributed by atoms with Gasteiger partial charge in [-0.25, -0.2) is 0 Å². The van der Waals surface area contributed by atoms with Crippen LogP contribution in [0.4, 0.5) is 0 Å². The second kappa shape index (κ2) is 5.52. The van der Waals surface area contributed by atoms with Gasteiger partial charge in [0.15, 0.2) is 0 Å². The zero-order valence-corrected chi connectivity index (χ0v) is 9.72. The van der Waals surface area contributed by atoms with Crippen molar-refractivity contribution >= 4 is 40.1 Å². The molecule has 0 saturated heterocycles. The first-order valence-electron chi connectivity index (χ1n) is 3.71. The maximum atomic E-state index is 5.05. The van der Waals surface area contributed by atoms with Crippen LogP contribution in [0.15, 0.2) is 24.3 Å². The summed E-state index contributed by atoms with van der Waals surface area (Å²) in [7, 11) is 1.66. The van der Waals surface area contributed by atoms with Gasteiger partial charge in [-0.1, -0.05) is 24.4 Å². The molecule has 13 heavy (non-hydrogen) atoms. The first kappa shape index (κ1) is 10.9. The third-order valence-electron chi connectivity index (χ3n) is 1.52. The average Bonchev–Trinajstić information content (AvgIpc) is 2.15. The minimum atomic E-state index is 0.677. The van der Waals surface area contributed by atoms with Crippen molar-refractivity contribution in [2.24, 2.45) is 0 Å². The van der Waals surface area contributed by atoms with Crippen LogP contribution in [0.1, 0.15) is 5.56 Å². The molecule has 0 unspecified atom stereocenters. The van der Waals surface area contributed by atoms with Crippen LogP contribution in [0.25, 0.3) is 0 Å². The van der Waals surface area contributed by atoms with Gasteiger partial charge >= 0.3 is 0 Å². The van der Waals surface area contributed by atoms with Crippen molar-refractivity contribution in [3.05, 3.63) is 29.8 Å². The molecular formula is C9H10OS3. The molecule has 0 fully saturated rings. The normalized spacial score (nSPS) is 9.69. The standard InChI is InChI=1S/C9H10OS3/c1-10-8-4-2-7(3-5-8)6-13-9(11)12/h2-5H,6H2,1H3,(H,11,12). The molecule has 1 aromatic carbocycles. The highest BCUT2D eigenvalue weighted by atomic mass is 32.2. The van der Waals surface area contributed by atoms with Gasteiger partial charge in [-0.15, -0.1) is 24.4 Å². The van der Waals surface area contributed by atoms with Crippen LogP contribution in [-0.2, 0) is 5.75 Å². The third-order valence-corrected chi connectivity index (χ3v) is 2.99. The van der Waals surface area contributed by atoms with Gasteiger partial charge in [0, 0.05) is 5.75 Å². The summed E-state index contributed by atoms with van der Waals surface area (Å²) in [6.07, 6.45) is 0. The Balaban J connectivity index is 2.54. The molecule has 1 nitrogen and oxygen atoms in total. The van der Waals surface area contributed by atoms with Crippen LogP contribution in [0, 0.1) is 0 Å². The largest absolute Gasteiger partial charge is 0.497 e. The molecule has 0 N–H and O–H groups in total. The summed E-state index contributed by atoms with van der Waals surface area (Å²) < 4.78 is 5.72. The van der Waals surface area contributed by atoms with Crippen LogP contribution < -0.4 is 4.74 Å². The van der Waals surface area contributed by atoms with Gasteiger partial charge in [-0.05, 0) is 17.7 Å². The lowest BCUT2D eigenvalue weighted by Crippen LogP contribution is -1.85. The van der Waals surface area contributed by atoms with E-state index in [0.29, 0.717) is 3.53 Å². The molecule has 0 amide bonds. The van der Waals surface area contributed by atoms with Crippen LogP contribution in [0.2, 0.25) is 0 Å². The summed E-state index contributed by atoms with van der Waals surface area (Å²) in [6, 6.07) is 7.94. The molecule has 0 heterocycles. The fourth-order valence-corrected chi connectivity index (χ4v) is 1.72. The first-order chi connectivity index (χ1) is 6.22. The molecule has 0 atom stereocenters. The lowest BCUT2D eigenvalue weighted by atomic mass is 10.2.